The number of hydrogen-bond donors (Lipinski definition) is 6. The Hall–Kier alpha value is -5.66. The summed E-state index contributed by atoms with van der Waals surface area (Å²) >= 11 is 0. The second-order valence-corrected chi connectivity index (χ2v) is 20.6. The summed E-state index contributed by atoms with van der Waals surface area (Å²) in [7, 11) is -2.67. The lowest BCUT2D eigenvalue weighted by Crippen LogP contribution is -2.59. The number of carboxylic acid groups (broad SMARTS) is 1. The minimum absolute atomic E-state index is 0.144. The number of alkyl carbamates (subject to hydrolysis) is 1. The van der Waals surface area contributed by atoms with Gasteiger partial charge in [0.1, 0.15) is 43.3 Å². The van der Waals surface area contributed by atoms with Crippen molar-refractivity contribution < 1.29 is 48.3 Å². The Bertz CT molecular complexity index is 2160. The maximum Gasteiger partial charge on any atom is 0.408 e. The first-order valence-corrected chi connectivity index (χ1v) is 21.9. The summed E-state index contributed by atoms with van der Waals surface area (Å²) in [6.07, 6.45) is -6.64. The van der Waals surface area contributed by atoms with Gasteiger partial charge in [0, 0.05) is 18.2 Å². The third kappa shape index (κ3) is 11.1. The van der Waals surface area contributed by atoms with Crippen LogP contribution in [0.5, 0.6) is 5.75 Å². The van der Waals surface area contributed by atoms with Crippen LogP contribution < -0.4 is 26.6 Å². The van der Waals surface area contributed by atoms with E-state index in [0.29, 0.717) is 23.6 Å². The van der Waals surface area contributed by atoms with Gasteiger partial charge in [0.25, 0.3) is 5.56 Å². The molecule has 2 amide bonds. The average molecular weight is 834 g/mol. The molecule has 1 aliphatic heterocycles. The van der Waals surface area contributed by atoms with Crippen molar-refractivity contribution in [3.8, 4) is 5.75 Å². The van der Waals surface area contributed by atoms with Crippen LogP contribution in [-0.4, -0.2) is 86.5 Å². The van der Waals surface area contributed by atoms with Gasteiger partial charge in [-0.3, -0.25) is 24.1 Å². The van der Waals surface area contributed by atoms with E-state index in [1.807, 2.05) is 69.2 Å². The number of aliphatic carboxylic acids is 1. The number of carbonyl (C=O) groups is 3. The second-order valence-electron chi connectivity index (χ2n) is 15.8. The molecular formula is C41H51N5O12Si. The van der Waals surface area contributed by atoms with Gasteiger partial charge in [-0.1, -0.05) is 88.4 Å². The van der Waals surface area contributed by atoms with E-state index in [2.05, 4.69) is 15.6 Å². The first kappa shape index (κ1) is 44.4. The molecule has 0 bridgehead atoms. The van der Waals surface area contributed by atoms with Gasteiger partial charge in [0.2, 0.25) is 5.91 Å². The number of aliphatic hydroxyl groups excluding tert-OH is 2. The molecule has 0 saturated carbocycles. The molecule has 1 saturated heterocycles. The zero-order valence-electron chi connectivity index (χ0n) is 33.6. The van der Waals surface area contributed by atoms with Crippen LogP contribution >= 0.6 is 0 Å². The minimum Gasteiger partial charge on any atom is -0.487 e. The van der Waals surface area contributed by atoms with E-state index in [0.717, 1.165) is 22.4 Å². The highest BCUT2D eigenvalue weighted by atomic mass is 28.4. The maximum atomic E-state index is 14.4. The van der Waals surface area contributed by atoms with Crippen molar-refractivity contribution >= 4 is 26.3 Å². The molecule has 1 fully saturated rings. The lowest BCUT2D eigenvalue weighted by atomic mass is 9.92. The molecule has 0 radical (unpaired) electrons. The third-order valence-electron chi connectivity index (χ3n) is 10.6. The predicted molar refractivity (Wildman–Crippen MR) is 216 cm³/mol. The molecule has 2 aromatic heterocycles. The van der Waals surface area contributed by atoms with Crippen molar-refractivity contribution in [3.63, 3.8) is 0 Å². The molecule has 17 nitrogen and oxygen atoms in total. The number of carboxylic acids is 1. The smallest absolute Gasteiger partial charge is 0.408 e. The summed E-state index contributed by atoms with van der Waals surface area (Å²) in [5.74, 6) is -3.18. The lowest BCUT2D eigenvalue weighted by Gasteiger charge is -2.42. The highest BCUT2D eigenvalue weighted by Gasteiger charge is 2.51. The Morgan fingerprint density at radius 2 is 1.54 bits per heavy atom. The molecule has 18 heteroatoms. The topological polar surface area (TPSA) is 241 Å². The van der Waals surface area contributed by atoms with E-state index in [1.54, 1.807) is 49.4 Å². The second kappa shape index (κ2) is 18.9. The van der Waals surface area contributed by atoms with Crippen LogP contribution in [0, 0.1) is 5.92 Å². The van der Waals surface area contributed by atoms with Gasteiger partial charge >= 0.3 is 17.8 Å². The number of aromatic nitrogens is 3. The quantitative estimate of drug-likeness (QED) is 0.0889. The molecule has 316 valence electrons. The minimum atomic E-state index is -2.67. The average Bonchev–Trinajstić information content (AvgIpc) is 3.48. The van der Waals surface area contributed by atoms with Gasteiger partial charge in [-0.25, -0.2) is 14.4 Å². The summed E-state index contributed by atoms with van der Waals surface area (Å²) in [6.45, 7) is 11.9. The molecular weight excluding hydrogens is 783 g/mol. The Morgan fingerprint density at radius 1 is 0.915 bits per heavy atom. The maximum absolute atomic E-state index is 14.4. The molecule has 6 N–H and O–H groups in total. The monoisotopic (exact) mass is 833 g/mol. The van der Waals surface area contributed by atoms with Crippen molar-refractivity contribution in [2.75, 3.05) is 0 Å². The largest absolute Gasteiger partial charge is 0.487 e. The standard InChI is InChI=1S/C41H51N5O12Si/c1-24(34(58-59(5,6)41(2,3)4)28-18-17-27(21-42-28)55-22-25-13-9-7-10-14-25)30(45-40(54)56-23-26-15-11-8-12-16-26)36(50)44-31(38(51)52)35-32(48)33(49)37(57-35)46-20-19-29(47)43-39(46)53/h7-21,24,30-35,37,48-49H,22-23H2,1-6H3,(H,44,50)(H,45,54)(H,51,52)(H,43,47,53)/t24-,30-,31-,32-,33+,34-,35+,37+/m0/s1. The van der Waals surface area contributed by atoms with Gasteiger partial charge in [-0.15, -0.1) is 0 Å². The van der Waals surface area contributed by atoms with Crippen molar-refractivity contribution in [2.45, 2.75) is 102 Å². The van der Waals surface area contributed by atoms with Gasteiger partial charge in [-0.2, -0.15) is 0 Å². The first-order chi connectivity index (χ1) is 27.9. The number of aromatic amines is 1. The summed E-state index contributed by atoms with van der Waals surface area (Å²) < 4.78 is 24.8. The Kier molecular flexibility index (Phi) is 14.3. The van der Waals surface area contributed by atoms with Crippen molar-refractivity contribution in [1.29, 1.82) is 0 Å². The number of aliphatic hydroxyl groups is 2. The summed E-state index contributed by atoms with van der Waals surface area (Å²) in [5, 5.41) is 36.9. The van der Waals surface area contributed by atoms with Crippen LogP contribution in [0.25, 0.3) is 0 Å². The van der Waals surface area contributed by atoms with Crippen LogP contribution in [0.2, 0.25) is 18.1 Å². The van der Waals surface area contributed by atoms with Crippen molar-refractivity contribution in [2.24, 2.45) is 5.92 Å². The predicted octanol–water partition coefficient (Wildman–Crippen LogP) is 3.39. The molecule has 5 rings (SSSR count). The number of ether oxygens (including phenoxy) is 3. The number of benzene rings is 2. The molecule has 0 unspecified atom stereocenters. The Labute approximate surface area is 341 Å². The van der Waals surface area contributed by atoms with Crippen LogP contribution in [0.4, 0.5) is 4.79 Å². The van der Waals surface area contributed by atoms with Crippen LogP contribution in [0.1, 0.15) is 56.8 Å². The number of pyridine rings is 1. The van der Waals surface area contributed by atoms with E-state index >= 15 is 0 Å². The van der Waals surface area contributed by atoms with Gasteiger partial charge in [-0.05, 0) is 41.4 Å². The molecule has 0 aliphatic carbocycles. The highest BCUT2D eigenvalue weighted by molar-refractivity contribution is 6.74. The number of hydrogen-bond acceptors (Lipinski definition) is 12. The fraction of sp³-hybridized carbons (Fsp3) is 0.415. The molecule has 2 aromatic carbocycles. The number of nitrogens with one attached hydrogen (secondary N) is 3. The molecule has 4 aromatic rings. The fourth-order valence-corrected chi connectivity index (χ4v) is 7.49. The van der Waals surface area contributed by atoms with Crippen LogP contribution in [0.15, 0.2) is 101 Å². The molecule has 1 aliphatic rings. The van der Waals surface area contributed by atoms with E-state index in [4.69, 9.17) is 18.6 Å². The molecule has 59 heavy (non-hydrogen) atoms. The third-order valence-corrected chi connectivity index (χ3v) is 15.0. The molecule has 8 atom stereocenters. The van der Waals surface area contributed by atoms with E-state index in [1.165, 1.54) is 6.20 Å². The van der Waals surface area contributed by atoms with Gasteiger partial charge in [0.15, 0.2) is 20.6 Å². The molecule has 0 spiro atoms. The Balaban J connectivity index is 1.47. The van der Waals surface area contributed by atoms with Gasteiger partial charge < -0.3 is 44.6 Å². The van der Waals surface area contributed by atoms with Gasteiger partial charge in [0.05, 0.1) is 18.0 Å². The normalized spacial score (nSPS) is 20.1. The fourth-order valence-electron chi connectivity index (χ4n) is 6.17. The summed E-state index contributed by atoms with van der Waals surface area (Å²) in [4.78, 5) is 71.5. The number of H-pyrrole nitrogens is 1. The summed E-state index contributed by atoms with van der Waals surface area (Å²) in [5.41, 5.74) is 0.291. The van der Waals surface area contributed by atoms with E-state index in [9.17, 15) is 39.3 Å². The van der Waals surface area contributed by atoms with Crippen molar-refractivity contribution in [3.05, 3.63) is 129 Å². The highest BCUT2D eigenvalue weighted by Crippen LogP contribution is 2.42. The van der Waals surface area contributed by atoms with E-state index in [-0.39, 0.29) is 11.6 Å². The Morgan fingerprint density at radius 3 is 2.10 bits per heavy atom. The molecule has 3 heterocycles. The number of nitrogens with zero attached hydrogens (tertiary/aromatic N) is 2. The SMILES string of the molecule is C[C@@H]([C@H](NC(=O)OCc1ccccc1)C(=O)N[C@H](C(=O)O)[C@H]1O[C@@H](n2ccc(=O)[nH]c2=O)[C@H](O)[C@@H]1O)[C@H](O[Si](C)(C)C(C)(C)C)c1ccc(OCc2ccccc2)cn1. The summed E-state index contributed by atoms with van der Waals surface area (Å²) in [6, 6.07) is 19.2. The number of carbonyl (C=O) groups excluding carboxylic acids is 2. The zero-order chi connectivity index (χ0) is 43.1. The first-order valence-electron chi connectivity index (χ1n) is 19.0. The van der Waals surface area contributed by atoms with Crippen LogP contribution in [0.3, 0.4) is 0 Å². The number of rotatable bonds is 16. The van der Waals surface area contributed by atoms with Crippen LogP contribution in [-0.2, 0) is 36.7 Å². The van der Waals surface area contributed by atoms with Crippen molar-refractivity contribution in [1.82, 2.24) is 25.2 Å². The lowest BCUT2D eigenvalue weighted by molar-refractivity contribution is -0.150. The zero-order valence-corrected chi connectivity index (χ0v) is 34.6. The number of amides is 2. The van der Waals surface area contributed by atoms with E-state index < -0.39 is 86.2 Å².